The van der Waals surface area contributed by atoms with E-state index in [0.717, 1.165) is 29.3 Å². The molecule has 0 bridgehead atoms. The van der Waals surface area contributed by atoms with E-state index in [1.807, 2.05) is 0 Å². The van der Waals surface area contributed by atoms with Crippen LogP contribution in [0.3, 0.4) is 0 Å². The molecule has 1 amide bonds. The van der Waals surface area contributed by atoms with Crippen molar-refractivity contribution >= 4 is 21.6 Å². The van der Waals surface area contributed by atoms with Crippen molar-refractivity contribution in [1.82, 2.24) is 4.90 Å². The Morgan fingerprint density at radius 2 is 1.73 bits per heavy atom. The fourth-order valence-corrected chi connectivity index (χ4v) is 5.63. The van der Waals surface area contributed by atoms with E-state index < -0.39 is 34.4 Å². The maximum atomic E-state index is 13.6. The predicted molar refractivity (Wildman–Crippen MR) is 119 cm³/mol. The van der Waals surface area contributed by atoms with Gasteiger partial charge in [0.05, 0.1) is 22.7 Å². The first kappa shape index (κ1) is 23.3. The zero-order chi connectivity index (χ0) is 23.6. The van der Waals surface area contributed by atoms with Gasteiger partial charge in [0.2, 0.25) is 5.91 Å². The zero-order valence-electron chi connectivity index (χ0n) is 18.3. The third kappa shape index (κ3) is 4.91. The van der Waals surface area contributed by atoms with Crippen LogP contribution in [0.1, 0.15) is 25.7 Å². The number of anilines is 1. The highest BCUT2D eigenvalue weighted by atomic mass is 32.2. The molecular formula is C23H27FN2O6S. The summed E-state index contributed by atoms with van der Waals surface area (Å²) in [7, 11) is -2.64. The molecule has 1 aliphatic heterocycles. The molecule has 10 heteroatoms. The molecule has 0 aromatic heterocycles. The molecule has 1 N–H and O–H groups in total. The van der Waals surface area contributed by atoms with E-state index in [9.17, 15) is 22.7 Å². The van der Waals surface area contributed by atoms with Crippen molar-refractivity contribution in [3.05, 3.63) is 48.3 Å². The standard InChI is InChI=1S/C23H27FN2O6S/c1-25(19-4-2-3-5-20(19)27)23(28)15-26(17-8-6-16(24)7-9-17)33(29,30)18-10-11-21-22(14-18)32-13-12-31-21/h6-11,14,19-20,27H,2-5,12-13,15H2,1H3. The molecule has 1 aliphatic carbocycles. The van der Waals surface area contributed by atoms with Crippen molar-refractivity contribution < 1.29 is 32.2 Å². The minimum Gasteiger partial charge on any atom is -0.486 e. The van der Waals surface area contributed by atoms with E-state index >= 15 is 0 Å². The number of carbonyl (C=O) groups excluding carboxylic acids is 1. The number of hydrogen-bond donors (Lipinski definition) is 1. The summed E-state index contributed by atoms with van der Waals surface area (Å²) in [6.45, 7) is 0.169. The fraction of sp³-hybridized carbons (Fsp3) is 0.435. The van der Waals surface area contributed by atoms with Crippen LogP contribution in [0.5, 0.6) is 11.5 Å². The number of likely N-dealkylation sites (N-methyl/N-ethyl adjacent to an activating group) is 1. The summed E-state index contributed by atoms with van der Waals surface area (Å²) >= 11 is 0. The highest BCUT2D eigenvalue weighted by Gasteiger charge is 2.34. The second-order valence-electron chi connectivity index (χ2n) is 8.22. The maximum absolute atomic E-state index is 13.6. The van der Waals surface area contributed by atoms with Gasteiger partial charge in [-0.05, 0) is 49.2 Å². The van der Waals surface area contributed by atoms with Crippen molar-refractivity contribution in [1.29, 1.82) is 0 Å². The van der Waals surface area contributed by atoms with Crippen LogP contribution in [0.2, 0.25) is 0 Å². The van der Waals surface area contributed by atoms with E-state index in [1.165, 1.54) is 35.2 Å². The quantitative estimate of drug-likeness (QED) is 0.686. The number of carbonyl (C=O) groups is 1. The first-order chi connectivity index (χ1) is 15.8. The van der Waals surface area contributed by atoms with Crippen molar-refractivity contribution in [2.24, 2.45) is 0 Å². The molecule has 2 atom stereocenters. The van der Waals surface area contributed by atoms with Crippen LogP contribution in [0.25, 0.3) is 0 Å². The molecule has 1 fully saturated rings. The van der Waals surface area contributed by atoms with Crippen LogP contribution in [0.4, 0.5) is 10.1 Å². The summed E-state index contributed by atoms with van der Waals surface area (Å²) in [5.74, 6) is -0.249. The van der Waals surface area contributed by atoms with Gasteiger partial charge in [-0.25, -0.2) is 12.8 Å². The number of nitrogens with zero attached hydrogens (tertiary/aromatic N) is 2. The lowest BCUT2D eigenvalue weighted by Gasteiger charge is -2.36. The minimum atomic E-state index is -4.21. The Hall–Kier alpha value is -2.85. The van der Waals surface area contributed by atoms with Gasteiger partial charge in [-0.15, -0.1) is 0 Å². The summed E-state index contributed by atoms with van der Waals surface area (Å²) in [6, 6.07) is 8.79. The Morgan fingerprint density at radius 1 is 1.06 bits per heavy atom. The van der Waals surface area contributed by atoms with Crippen LogP contribution in [-0.2, 0) is 14.8 Å². The summed E-state index contributed by atoms with van der Waals surface area (Å²) in [6.07, 6.45) is 2.37. The van der Waals surface area contributed by atoms with Gasteiger partial charge in [0.15, 0.2) is 11.5 Å². The predicted octanol–water partition coefficient (Wildman–Crippen LogP) is 2.55. The first-order valence-electron chi connectivity index (χ1n) is 10.9. The van der Waals surface area contributed by atoms with Crippen LogP contribution in [0, 0.1) is 5.82 Å². The van der Waals surface area contributed by atoms with E-state index in [4.69, 9.17) is 9.47 Å². The monoisotopic (exact) mass is 478 g/mol. The lowest BCUT2D eigenvalue weighted by atomic mass is 9.91. The van der Waals surface area contributed by atoms with Gasteiger partial charge in [0.1, 0.15) is 25.6 Å². The molecule has 0 saturated heterocycles. The number of hydrogen-bond acceptors (Lipinski definition) is 6. The average molecular weight is 479 g/mol. The Labute approximate surface area is 192 Å². The van der Waals surface area contributed by atoms with Crippen molar-refractivity contribution in [3.8, 4) is 11.5 Å². The number of amides is 1. The number of fused-ring (bicyclic) bond motifs is 1. The van der Waals surface area contributed by atoms with Gasteiger partial charge in [-0.1, -0.05) is 12.8 Å². The lowest BCUT2D eigenvalue weighted by Crippen LogP contribution is -2.50. The largest absolute Gasteiger partial charge is 0.486 e. The van der Waals surface area contributed by atoms with Crippen LogP contribution >= 0.6 is 0 Å². The van der Waals surface area contributed by atoms with Crippen LogP contribution in [0.15, 0.2) is 47.4 Å². The molecule has 4 rings (SSSR count). The molecule has 2 aromatic carbocycles. The number of benzene rings is 2. The minimum absolute atomic E-state index is 0.0794. The van der Waals surface area contributed by atoms with Crippen LogP contribution < -0.4 is 13.8 Å². The molecule has 8 nitrogen and oxygen atoms in total. The van der Waals surface area contributed by atoms with Crippen molar-refractivity contribution in [3.63, 3.8) is 0 Å². The summed E-state index contributed by atoms with van der Waals surface area (Å²) in [5, 5.41) is 10.3. The number of rotatable bonds is 6. The van der Waals surface area contributed by atoms with Crippen molar-refractivity contribution in [2.45, 2.75) is 42.7 Å². The van der Waals surface area contributed by atoms with E-state index in [2.05, 4.69) is 0 Å². The average Bonchev–Trinajstić information content (AvgIpc) is 2.82. The van der Waals surface area contributed by atoms with E-state index in [-0.39, 0.29) is 16.6 Å². The number of aliphatic hydroxyl groups excluding tert-OH is 1. The summed E-state index contributed by atoms with van der Waals surface area (Å²) in [4.78, 5) is 14.5. The summed E-state index contributed by atoms with van der Waals surface area (Å²) in [5.41, 5.74) is 0.150. The van der Waals surface area contributed by atoms with Gasteiger partial charge in [0.25, 0.3) is 10.0 Å². The molecular weight excluding hydrogens is 451 g/mol. The third-order valence-electron chi connectivity index (χ3n) is 6.08. The molecule has 1 heterocycles. The highest BCUT2D eigenvalue weighted by molar-refractivity contribution is 7.92. The maximum Gasteiger partial charge on any atom is 0.264 e. The second kappa shape index (κ2) is 9.56. The van der Waals surface area contributed by atoms with Crippen LogP contribution in [-0.4, -0.2) is 63.3 Å². The van der Waals surface area contributed by atoms with Gasteiger partial charge in [0, 0.05) is 13.1 Å². The molecule has 2 unspecified atom stereocenters. The zero-order valence-corrected chi connectivity index (χ0v) is 19.1. The Balaban J connectivity index is 1.66. The number of sulfonamides is 1. The topological polar surface area (TPSA) is 96.4 Å². The Morgan fingerprint density at radius 3 is 2.42 bits per heavy atom. The third-order valence-corrected chi connectivity index (χ3v) is 7.85. The lowest BCUT2D eigenvalue weighted by molar-refractivity contribution is -0.133. The molecule has 0 spiro atoms. The van der Waals surface area contributed by atoms with Gasteiger partial charge in [-0.3, -0.25) is 9.10 Å². The van der Waals surface area contributed by atoms with E-state index in [1.54, 1.807) is 7.05 Å². The number of aliphatic hydroxyl groups is 1. The molecule has 2 aliphatic rings. The molecule has 2 aromatic rings. The van der Waals surface area contributed by atoms with Gasteiger partial charge >= 0.3 is 0 Å². The molecule has 178 valence electrons. The first-order valence-corrected chi connectivity index (χ1v) is 12.3. The number of ether oxygens (including phenoxy) is 2. The fourth-order valence-electron chi connectivity index (χ4n) is 4.20. The molecule has 1 saturated carbocycles. The molecule has 33 heavy (non-hydrogen) atoms. The van der Waals surface area contributed by atoms with E-state index in [0.29, 0.717) is 37.6 Å². The van der Waals surface area contributed by atoms with Gasteiger partial charge < -0.3 is 19.5 Å². The normalized spacial score (nSPS) is 20.2. The Bertz CT molecular complexity index is 1110. The second-order valence-corrected chi connectivity index (χ2v) is 10.1. The smallest absolute Gasteiger partial charge is 0.264 e. The van der Waals surface area contributed by atoms with Crippen molar-refractivity contribution in [2.75, 3.05) is 31.1 Å². The highest BCUT2D eigenvalue weighted by Crippen LogP contribution is 2.34. The summed E-state index contributed by atoms with van der Waals surface area (Å²) < 4.78 is 52.7. The van der Waals surface area contributed by atoms with Gasteiger partial charge in [-0.2, -0.15) is 0 Å². The molecule has 0 radical (unpaired) electrons. The SMILES string of the molecule is CN(C(=O)CN(c1ccc(F)cc1)S(=O)(=O)c1ccc2c(c1)OCCO2)C1CCCCC1O. The Kier molecular flexibility index (Phi) is 6.76. The number of halogens is 1.